The highest BCUT2D eigenvalue weighted by atomic mass is 127. The van der Waals surface area contributed by atoms with E-state index in [0.717, 1.165) is 21.7 Å². The van der Waals surface area contributed by atoms with Crippen LogP contribution in [0.2, 0.25) is 0 Å². The van der Waals surface area contributed by atoms with Crippen molar-refractivity contribution in [1.29, 1.82) is 0 Å². The van der Waals surface area contributed by atoms with Gasteiger partial charge in [-0.15, -0.1) is 0 Å². The molecule has 0 aliphatic heterocycles. The van der Waals surface area contributed by atoms with Gasteiger partial charge >= 0.3 is 0 Å². The van der Waals surface area contributed by atoms with Crippen molar-refractivity contribution in [2.24, 2.45) is 23.5 Å². The van der Waals surface area contributed by atoms with Crippen molar-refractivity contribution in [3.63, 3.8) is 0 Å². The van der Waals surface area contributed by atoms with Crippen LogP contribution in [0.4, 0.5) is 0 Å². The summed E-state index contributed by atoms with van der Waals surface area (Å²) in [6.07, 6.45) is 18.1. The van der Waals surface area contributed by atoms with Crippen LogP contribution in [-0.2, 0) is 0 Å². The molecule has 2 heteroatoms. The zero-order chi connectivity index (χ0) is 13.9. The summed E-state index contributed by atoms with van der Waals surface area (Å²) in [6, 6.07) is 0.504. The number of halogens is 1. The van der Waals surface area contributed by atoms with Gasteiger partial charge in [0.1, 0.15) is 0 Å². The molecule has 0 aromatic rings. The van der Waals surface area contributed by atoms with Gasteiger partial charge in [0.05, 0.1) is 0 Å². The van der Waals surface area contributed by atoms with Gasteiger partial charge in [-0.05, 0) is 88.4 Å². The average Bonchev–Trinajstić information content (AvgIpc) is 2.49. The Morgan fingerprint density at radius 1 is 0.850 bits per heavy atom. The summed E-state index contributed by atoms with van der Waals surface area (Å²) in [5.74, 6) is 2.91. The lowest BCUT2D eigenvalue weighted by molar-refractivity contribution is 0.214. The van der Waals surface area contributed by atoms with Gasteiger partial charge in [-0.25, -0.2) is 0 Å². The minimum Gasteiger partial charge on any atom is -0.328 e. The van der Waals surface area contributed by atoms with Crippen LogP contribution in [0.25, 0.3) is 0 Å². The number of hydrogen-bond acceptors (Lipinski definition) is 1. The van der Waals surface area contributed by atoms with E-state index in [4.69, 9.17) is 5.73 Å². The SMILES string of the molecule is NC1CCC([C@H]2CC=C(C3CCC(I)CC3)CC2)CC1. The van der Waals surface area contributed by atoms with Gasteiger partial charge in [0.25, 0.3) is 0 Å². The first-order chi connectivity index (χ1) is 9.72. The maximum absolute atomic E-state index is 6.04. The normalized spacial score (nSPS) is 43.1. The first-order valence-corrected chi connectivity index (χ1v) is 10.1. The number of hydrogen-bond donors (Lipinski definition) is 1. The molecule has 0 bridgehead atoms. The highest BCUT2D eigenvalue weighted by Crippen LogP contribution is 2.42. The Kier molecular flexibility index (Phi) is 5.46. The van der Waals surface area contributed by atoms with Crippen molar-refractivity contribution in [1.82, 2.24) is 0 Å². The Labute approximate surface area is 138 Å². The maximum atomic E-state index is 6.04. The molecule has 3 aliphatic carbocycles. The van der Waals surface area contributed by atoms with E-state index < -0.39 is 0 Å². The maximum Gasteiger partial charge on any atom is 0.0110 e. The molecular formula is C18H30IN. The molecule has 0 unspecified atom stereocenters. The van der Waals surface area contributed by atoms with E-state index in [1.165, 1.54) is 70.6 Å². The van der Waals surface area contributed by atoms with Crippen LogP contribution in [0.1, 0.15) is 70.6 Å². The molecule has 0 amide bonds. The summed E-state index contributed by atoms with van der Waals surface area (Å²) in [4.78, 5) is 0. The third-order valence-electron chi connectivity index (χ3n) is 6.15. The molecule has 1 atom stereocenters. The molecule has 20 heavy (non-hydrogen) atoms. The quantitative estimate of drug-likeness (QED) is 0.392. The van der Waals surface area contributed by atoms with Crippen LogP contribution in [0.15, 0.2) is 11.6 Å². The predicted octanol–water partition coefficient (Wildman–Crippen LogP) is 5.22. The lowest BCUT2D eigenvalue weighted by atomic mass is 9.70. The van der Waals surface area contributed by atoms with Gasteiger partial charge in [-0.3, -0.25) is 0 Å². The average molecular weight is 387 g/mol. The van der Waals surface area contributed by atoms with Crippen LogP contribution < -0.4 is 5.73 Å². The van der Waals surface area contributed by atoms with Gasteiger partial charge in [-0.2, -0.15) is 0 Å². The summed E-state index contributed by atoms with van der Waals surface area (Å²) < 4.78 is 0.951. The first kappa shape index (κ1) is 15.3. The Morgan fingerprint density at radius 3 is 2.15 bits per heavy atom. The smallest absolute Gasteiger partial charge is 0.0110 e. The second-order valence-corrected chi connectivity index (χ2v) is 9.20. The minimum absolute atomic E-state index is 0.504. The van der Waals surface area contributed by atoms with E-state index in [1.54, 1.807) is 0 Å². The molecule has 0 aromatic heterocycles. The van der Waals surface area contributed by atoms with Crippen LogP contribution in [-0.4, -0.2) is 9.97 Å². The van der Waals surface area contributed by atoms with Crippen LogP contribution in [0, 0.1) is 17.8 Å². The Bertz CT molecular complexity index is 335. The zero-order valence-corrected chi connectivity index (χ0v) is 14.9. The van der Waals surface area contributed by atoms with E-state index in [0.29, 0.717) is 6.04 Å². The Balaban J connectivity index is 1.50. The third-order valence-corrected chi connectivity index (χ3v) is 7.40. The molecular weight excluding hydrogens is 357 g/mol. The second-order valence-electron chi connectivity index (χ2n) is 7.44. The summed E-state index contributed by atoms with van der Waals surface area (Å²) in [5.41, 5.74) is 7.88. The number of rotatable bonds is 2. The molecule has 3 aliphatic rings. The van der Waals surface area contributed by atoms with Crippen molar-refractivity contribution in [2.75, 3.05) is 0 Å². The number of alkyl halides is 1. The van der Waals surface area contributed by atoms with Crippen molar-refractivity contribution >= 4 is 22.6 Å². The summed E-state index contributed by atoms with van der Waals surface area (Å²) >= 11 is 2.64. The van der Waals surface area contributed by atoms with Crippen molar-refractivity contribution in [3.05, 3.63) is 11.6 Å². The fourth-order valence-electron chi connectivity index (χ4n) is 4.71. The van der Waals surface area contributed by atoms with Crippen LogP contribution >= 0.6 is 22.6 Å². The Morgan fingerprint density at radius 2 is 1.55 bits per heavy atom. The standard InChI is InChI=1S/C18H30IN/c19-17-9-5-15(6-10-17)13-1-3-14(4-2-13)16-7-11-18(20)12-8-16/h1,14-18H,2-12,20H2/t14-,15?,16?,17?,18?/m0/s1. The van der Waals surface area contributed by atoms with Crippen molar-refractivity contribution < 1.29 is 0 Å². The number of allylic oxidation sites excluding steroid dienone is 2. The summed E-state index contributed by atoms with van der Waals surface area (Å²) in [7, 11) is 0. The van der Waals surface area contributed by atoms with Gasteiger partial charge in [-0.1, -0.05) is 34.2 Å². The Hall–Kier alpha value is 0.430. The van der Waals surface area contributed by atoms with E-state index in [9.17, 15) is 0 Å². The van der Waals surface area contributed by atoms with Crippen molar-refractivity contribution in [3.8, 4) is 0 Å². The highest BCUT2D eigenvalue weighted by molar-refractivity contribution is 14.1. The molecule has 2 fully saturated rings. The molecule has 0 aromatic carbocycles. The lowest BCUT2D eigenvalue weighted by Gasteiger charge is -2.36. The fraction of sp³-hybridized carbons (Fsp3) is 0.889. The molecule has 114 valence electrons. The largest absolute Gasteiger partial charge is 0.328 e. The molecule has 0 radical (unpaired) electrons. The van der Waals surface area contributed by atoms with E-state index in [1.807, 2.05) is 5.57 Å². The minimum atomic E-state index is 0.504. The zero-order valence-electron chi connectivity index (χ0n) is 12.7. The molecule has 0 saturated heterocycles. The van der Waals surface area contributed by atoms with Gasteiger partial charge < -0.3 is 5.73 Å². The van der Waals surface area contributed by atoms with Gasteiger partial charge in [0.2, 0.25) is 0 Å². The molecule has 1 nitrogen and oxygen atoms in total. The van der Waals surface area contributed by atoms with Gasteiger partial charge in [0.15, 0.2) is 0 Å². The van der Waals surface area contributed by atoms with E-state index in [2.05, 4.69) is 28.7 Å². The van der Waals surface area contributed by atoms with E-state index >= 15 is 0 Å². The molecule has 0 heterocycles. The van der Waals surface area contributed by atoms with E-state index in [-0.39, 0.29) is 0 Å². The monoisotopic (exact) mass is 387 g/mol. The van der Waals surface area contributed by atoms with Crippen molar-refractivity contribution in [2.45, 2.75) is 80.6 Å². The second kappa shape index (κ2) is 7.13. The highest BCUT2D eigenvalue weighted by Gasteiger charge is 2.29. The van der Waals surface area contributed by atoms with Crippen LogP contribution in [0.3, 0.4) is 0 Å². The summed E-state index contributed by atoms with van der Waals surface area (Å²) in [6.45, 7) is 0. The fourth-order valence-corrected chi connectivity index (χ4v) is 5.43. The molecule has 0 spiro atoms. The topological polar surface area (TPSA) is 26.0 Å². The van der Waals surface area contributed by atoms with Gasteiger partial charge in [0, 0.05) is 9.97 Å². The third kappa shape index (κ3) is 3.79. The first-order valence-electron chi connectivity index (χ1n) is 8.81. The predicted molar refractivity (Wildman–Crippen MR) is 95.1 cm³/mol. The molecule has 2 N–H and O–H groups in total. The molecule has 3 rings (SSSR count). The lowest BCUT2D eigenvalue weighted by Crippen LogP contribution is -2.30. The summed E-state index contributed by atoms with van der Waals surface area (Å²) in [5, 5.41) is 0. The van der Waals surface area contributed by atoms with Crippen LogP contribution in [0.5, 0.6) is 0 Å². The number of nitrogens with two attached hydrogens (primary N) is 1. The molecule has 2 saturated carbocycles.